The van der Waals surface area contributed by atoms with Gasteiger partial charge in [0.05, 0.1) is 41.8 Å². The van der Waals surface area contributed by atoms with Gasteiger partial charge in [0.25, 0.3) is 19.4 Å². The van der Waals surface area contributed by atoms with Gasteiger partial charge < -0.3 is 23.5 Å². The van der Waals surface area contributed by atoms with Crippen molar-refractivity contribution in [2.45, 2.75) is 129 Å². The third kappa shape index (κ3) is 10.0. The maximum absolute atomic E-state index is 17.3. The van der Waals surface area contributed by atoms with Crippen molar-refractivity contribution in [2.24, 2.45) is 0 Å². The van der Waals surface area contributed by atoms with Crippen molar-refractivity contribution in [1.29, 1.82) is 0 Å². The average molecular weight is 901 g/mol. The van der Waals surface area contributed by atoms with Gasteiger partial charge in [-0.15, -0.1) is 0 Å². The van der Waals surface area contributed by atoms with E-state index in [2.05, 4.69) is 20.8 Å². The van der Waals surface area contributed by atoms with Crippen LogP contribution in [-0.4, -0.2) is 95.4 Å². The normalized spacial score (nSPS) is 19.2. The fourth-order valence-corrected chi connectivity index (χ4v) is 14.6. The summed E-state index contributed by atoms with van der Waals surface area (Å²) in [6.45, 7) is 18.5. The number of hydrogen-bond donors (Lipinski definition) is 0. The quantitative estimate of drug-likeness (QED) is 0.128. The smallest absolute Gasteiger partial charge is 0.419 e. The highest BCUT2D eigenvalue weighted by Crippen LogP contribution is 2.47. The van der Waals surface area contributed by atoms with Crippen molar-refractivity contribution in [2.75, 3.05) is 26.2 Å². The molecule has 14 heteroatoms. The number of nitrogens with zero attached hydrogens (tertiary/aromatic N) is 4. The predicted molar refractivity (Wildman–Crippen MR) is 247 cm³/mol. The number of carbonyl (C=O) groups is 2. The molecule has 2 aliphatic heterocycles. The summed E-state index contributed by atoms with van der Waals surface area (Å²) in [6, 6.07) is 26.0. The van der Waals surface area contributed by atoms with E-state index in [0.717, 1.165) is 27.7 Å². The summed E-state index contributed by atoms with van der Waals surface area (Å²) in [6.07, 6.45) is 2.17. The van der Waals surface area contributed by atoms with Gasteiger partial charge in [0.15, 0.2) is 0 Å². The van der Waals surface area contributed by atoms with Crippen LogP contribution in [0.1, 0.15) is 104 Å². The summed E-state index contributed by atoms with van der Waals surface area (Å²) in [7, 11) is -3.31. The molecule has 0 aliphatic carbocycles. The Morgan fingerprint density at radius 3 is 2.02 bits per heavy atom. The minimum Gasteiger partial charge on any atom is -0.465 e. The van der Waals surface area contributed by atoms with Crippen molar-refractivity contribution in [3.8, 4) is 5.19 Å². The van der Waals surface area contributed by atoms with Crippen LogP contribution in [-0.2, 0) is 20.3 Å². The third-order valence-electron chi connectivity index (χ3n) is 11.7. The van der Waals surface area contributed by atoms with Gasteiger partial charge in [0.2, 0.25) is 0 Å². The molecule has 4 heterocycles. The van der Waals surface area contributed by atoms with Gasteiger partial charge in [-0.25, -0.2) is 27.9 Å². The number of benzene rings is 3. The lowest BCUT2D eigenvalue weighted by Crippen LogP contribution is -2.67. The molecule has 1 saturated heterocycles. The van der Waals surface area contributed by atoms with Gasteiger partial charge in [-0.2, -0.15) is 0 Å². The van der Waals surface area contributed by atoms with Crippen LogP contribution in [0.15, 0.2) is 91.1 Å². The van der Waals surface area contributed by atoms with E-state index in [1.807, 2.05) is 133 Å². The Labute approximate surface area is 375 Å². The zero-order valence-corrected chi connectivity index (χ0v) is 40.1. The van der Waals surface area contributed by atoms with E-state index in [4.69, 9.17) is 23.6 Å². The van der Waals surface area contributed by atoms with Gasteiger partial charge >= 0.3 is 12.2 Å². The summed E-state index contributed by atoms with van der Waals surface area (Å²) in [5, 5.41) is 2.54. The number of amides is 1. The molecule has 1 amide bonds. The first-order valence-corrected chi connectivity index (χ1v) is 24.6. The van der Waals surface area contributed by atoms with Crippen molar-refractivity contribution in [3.63, 3.8) is 0 Å². The van der Waals surface area contributed by atoms with Crippen LogP contribution in [0.2, 0.25) is 5.04 Å². The van der Waals surface area contributed by atoms with Crippen LogP contribution in [0.5, 0.6) is 5.19 Å². The van der Waals surface area contributed by atoms with E-state index in [0.29, 0.717) is 47.2 Å². The Hall–Kier alpha value is -4.63. The molecular weight excluding hydrogens is 839 g/mol. The van der Waals surface area contributed by atoms with Crippen LogP contribution in [0, 0.1) is 0 Å². The molecule has 3 atom stereocenters. The predicted octanol–water partition coefficient (Wildman–Crippen LogP) is 10.2. The van der Waals surface area contributed by atoms with Crippen molar-refractivity contribution < 1.29 is 37.0 Å². The number of para-hydroxylation sites is 1. The van der Waals surface area contributed by atoms with Gasteiger partial charge in [-0.3, -0.25) is 4.90 Å². The Balaban J connectivity index is 1.27. The molecule has 0 saturated carbocycles. The minimum atomic E-state index is -3.34. The average Bonchev–Trinajstić information content (AvgIpc) is 3.79. The molecule has 0 bridgehead atoms. The number of piperidine rings is 1. The summed E-state index contributed by atoms with van der Waals surface area (Å²) < 4.78 is 61.1. The van der Waals surface area contributed by atoms with Gasteiger partial charge in [0, 0.05) is 24.2 Å². The molecule has 0 spiro atoms. The molecule has 5 aromatic rings. The summed E-state index contributed by atoms with van der Waals surface area (Å²) in [5.41, 5.74) is 0.645. The first-order chi connectivity index (χ1) is 29.6. The van der Waals surface area contributed by atoms with Gasteiger partial charge in [-0.1, -0.05) is 111 Å². The number of rotatable bonds is 10. The molecular formula is C49H62F2N4O6SSi. The molecule has 10 nitrogen and oxygen atoms in total. The first-order valence-electron chi connectivity index (χ1n) is 21.9. The SMILES string of the molecule is C[C@@H]1Cc2c(n(C(=O)OC(C)(C)C)c3ccccc23)[C@@H](c2cnc(O[C@@H]3CCCN(C(=O)OC(C)(C)C)C3)s2)N1CC(F)(F)CO[Si](c1ccccc1)(c1ccccc1)C(C)(C)C. The number of thiazole rings is 1. The highest BCUT2D eigenvalue weighted by molar-refractivity contribution is 7.13. The van der Waals surface area contributed by atoms with E-state index in [9.17, 15) is 9.59 Å². The molecule has 63 heavy (non-hydrogen) atoms. The second kappa shape index (κ2) is 17.7. The fourth-order valence-electron chi connectivity index (χ4n) is 9.11. The number of ether oxygens (including phenoxy) is 3. The van der Waals surface area contributed by atoms with E-state index in [1.165, 1.54) is 11.3 Å². The molecule has 2 aromatic heterocycles. The maximum atomic E-state index is 17.3. The van der Waals surface area contributed by atoms with Crippen molar-refractivity contribution in [1.82, 2.24) is 19.4 Å². The number of aromatic nitrogens is 2. The molecule has 0 unspecified atom stereocenters. The molecule has 0 N–H and O–H groups in total. The van der Waals surface area contributed by atoms with Crippen molar-refractivity contribution >= 4 is 53.1 Å². The fraction of sp³-hybridized carbons (Fsp3) is 0.490. The van der Waals surface area contributed by atoms with Crippen molar-refractivity contribution in [3.05, 3.63) is 107 Å². The number of alkyl halides is 2. The Kier molecular flexibility index (Phi) is 13.1. The summed E-state index contributed by atoms with van der Waals surface area (Å²) in [5.74, 6) is -3.34. The Morgan fingerprint density at radius 1 is 0.825 bits per heavy atom. The number of halogens is 2. The molecule has 7 rings (SSSR count). The minimum absolute atomic E-state index is 0.324. The third-order valence-corrected chi connectivity index (χ3v) is 17.6. The summed E-state index contributed by atoms with van der Waals surface area (Å²) in [4.78, 5) is 36.1. The maximum Gasteiger partial charge on any atom is 0.419 e. The molecule has 3 aromatic carbocycles. The zero-order valence-electron chi connectivity index (χ0n) is 38.2. The van der Waals surface area contributed by atoms with Crippen LogP contribution in [0.4, 0.5) is 18.4 Å². The second-order valence-electron chi connectivity index (χ2n) is 20.0. The van der Waals surface area contributed by atoms with Crippen LogP contribution in [0.3, 0.4) is 0 Å². The van der Waals surface area contributed by atoms with Crippen LogP contribution < -0.4 is 15.1 Å². The van der Waals surface area contributed by atoms with Crippen LogP contribution in [0.25, 0.3) is 10.9 Å². The Bertz CT molecular complexity index is 2350. The molecule has 1 fully saturated rings. The highest BCUT2D eigenvalue weighted by Gasteiger charge is 2.53. The largest absolute Gasteiger partial charge is 0.465 e. The number of fused-ring (bicyclic) bond motifs is 3. The second-order valence-corrected chi connectivity index (χ2v) is 25.3. The molecule has 0 radical (unpaired) electrons. The number of carbonyl (C=O) groups excluding carboxylic acids is 2. The van der Waals surface area contributed by atoms with E-state index < -0.39 is 61.9 Å². The molecule has 338 valence electrons. The van der Waals surface area contributed by atoms with Gasteiger partial charge in [-0.05, 0) is 94.8 Å². The topological polar surface area (TPSA) is 95.4 Å². The number of hydrogen-bond acceptors (Lipinski definition) is 9. The number of likely N-dealkylation sites (tertiary alicyclic amines) is 1. The summed E-state index contributed by atoms with van der Waals surface area (Å²) >= 11 is 1.26. The monoisotopic (exact) mass is 900 g/mol. The van der Waals surface area contributed by atoms with E-state index in [-0.39, 0.29) is 12.1 Å². The van der Waals surface area contributed by atoms with Gasteiger partial charge in [0.1, 0.15) is 17.3 Å². The Morgan fingerprint density at radius 2 is 1.41 bits per heavy atom. The standard InChI is InChI=1S/C49H62F2N4O6SSi/c1-33-28-38-37-25-17-18-26-39(37)55(45(57)61-47(5,6)7)41(38)42(40-29-52-43(62-40)59-34-20-19-27-53(30-34)44(56)60-46(2,3)4)54(33)31-49(50,51)32-58-63(48(8,9)10,35-21-13-11-14-22-35)36-23-15-12-16-24-36/h11-18,21-26,29,33-34,42H,19-20,27-28,30-32H2,1-10H3/t33-,34-,42-/m1/s1. The lowest BCUT2D eigenvalue weighted by molar-refractivity contribution is -0.0820. The highest BCUT2D eigenvalue weighted by atomic mass is 32.1. The lowest BCUT2D eigenvalue weighted by Gasteiger charge is -2.45. The first kappa shape index (κ1) is 46.4. The molecule has 2 aliphatic rings. The zero-order chi connectivity index (χ0) is 45.5. The van der Waals surface area contributed by atoms with E-state index >= 15 is 8.78 Å². The van der Waals surface area contributed by atoms with Crippen LogP contribution >= 0.6 is 11.3 Å². The van der Waals surface area contributed by atoms with E-state index in [1.54, 1.807) is 20.6 Å². The lowest BCUT2D eigenvalue weighted by atomic mass is 9.91.